The zero-order chi connectivity index (χ0) is 11.8. The predicted octanol–water partition coefficient (Wildman–Crippen LogP) is 1.59. The van der Waals surface area contributed by atoms with E-state index in [0.717, 1.165) is 12.8 Å². The van der Waals surface area contributed by atoms with Gasteiger partial charge >= 0.3 is 5.97 Å². The number of hydrogen-bond acceptors (Lipinski definition) is 3. The van der Waals surface area contributed by atoms with Gasteiger partial charge in [-0.15, -0.1) is 0 Å². The van der Waals surface area contributed by atoms with Gasteiger partial charge in [0.1, 0.15) is 6.04 Å². The Labute approximate surface area is 91.6 Å². The van der Waals surface area contributed by atoms with Gasteiger partial charge in [0.15, 0.2) is 0 Å². The van der Waals surface area contributed by atoms with E-state index in [1.807, 2.05) is 13.8 Å². The molecule has 4 heteroatoms. The summed E-state index contributed by atoms with van der Waals surface area (Å²) in [6.07, 6.45) is 1.63. The maximum atomic E-state index is 11.3. The highest BCUT2D eigenvalue weighted by Crippen LogP contribution is 2.18. The first kappa shape index (κ1) is 13.9. The number of amides is 1. The molecule has 0 aromatic carbocycles. The van der Waals surface area contributed by atoms with E-state index >= 15 is 0 Å². The van der Waals surface area contributed by atoms with Crippen molar-refractivity contribution >= 4 is 11.9 Å². The summed E-state index contributed by atoms with van der Waals surface area (Å²) < 4.78 is 4.87. The van der Waals surface area contributed by atoms with Crippen LogP contribution in [0.5, 0.6) is 0 Å². The van der Waals surface area contributed by atoms with Crippen LogP contribution in [-0.2, 0) is 14.3 Å². The third-order valence-electron chi connectivity index (χ3n) is 2.22. The Morgan fingerprint density at radius 1 is 1.40 bits per heavy atom. The van der Waals surface area contributed by atoms with E-state index in [0.29, 0.717) is 13.2 Å². The van der Waals surface area contributed by atoms with Crippen molar-refractivity contribution in [3.63, 3.8) is 0 Å². The molecule has 0 radical (unpaired) electrons. The zero-order valence-corrected chi connectivity index (χ0v) is 10.1. The molecule has 88 valence electrons. The molecule has 1 aliphatic rings. The minimum Gasteiger partial charge on any atom is -0.464 e. The number of rotatable bonds is 2. The number of carbonyl (C=O) groups is 2. The molecule has 1 aliphatic heterocycles. The number of ether oxygens (including phenoxy) is 1. The van der Waals surface area contributed by atoms with Crippen LogP contribution in [-0.4, -0.2) is 36.0 Å². The molecule has 1 fully saturated rings. The smallest absolute Gasteiger partial charge is 0.328 e. The minimum absolute atomic E-state index is 0.0458. The van der Waals surface area contributed by atoms with Gasteiger partial charge in [-0.3, -0.25) is 4.79 Å². The third-order valence-corrected chi connectivity index (χ3v) is 2.22. The van der Waals surface area contributed by atoms with Gasteiger partial charge in [-0.25, -0.2) is 4.79 Å². The van der Waals surface area contributed by atoms with Crippen molar-refractivity contribution in [2.24, 2.45) is 0 Å². The molecule has 0 aromatic heterocycles. The first-order chi connectivity index (χ1) is 7.16. The molecule has 15 heavy (non-hydrogen) atoms. The second kappa shape index (κ2) is 7.26. The summed E-state index contributed by atoms with van der Waals surface area (Å²) in [7, 11) is 0. The SMILES string of the molecule is CC.CCOC(=O)C1CCCN1C(C)=O. The first-order valence-electron chi connectivity index (χ1n) is 5.60. The number of nitrogens with zero attached hydrogens (tertiary/aromatic N) is 1. The fraction of sp³-hybridized carbons (Fsp3) is 0.818. The van der Waals surface area contributed by atoms with Crippen LogP contribution in [0.2, 0.25) is 0 Å². The van der Waals surface area contributed by atoms with Gasteiger partial charge in [-0.1, -0.05) is 13.8 Å². The highest BCUT2D eigenvalue weighted by atomic mass is 16.5. The van der Waals surface area contributed by atoms with Gasteiger partial charge < -0.3 is 9.64 Å². The number of carbonyl (C=O) groups excluding carboxylic acids is 2. The van der Waals surface area contributed by atoms with E-state index in [4.69, 9.17) is 4.74 Å². The van der Waals surface area contributed by atoms with Gasteiger partial charge in [-0.05, 0) is 19.8 Å². The Balaban J connectivity index is 0.000000921. The standard InChI is InChI=1S/C9H15NO3.C2H6/c1-3-13-9(12)8-5-4-6-10(8)7(2)11;1-2/h8H,3-6H2,1-2H3;1-2H3. The summed E-state index contributed by atoms with van der Waals surface area (Å²) in [5.74, 6) is -0.314. The van der Waals surface area contributed by atoms with Crippen LogP contribution in [0.15, 0.2) is 0 Å². The molecule has 1 amide bonds. The summed E-state index contributed by atoms with van der Waals surface area (Å²) in [6, 6.07) is -0.336. The van der Waals surface area contributed by atoms with E-state index < -0.39 is 0 Å². The molecular formula is C11H21NO3. The van der Waals surface area contributed by atoms with Crippen LogP contribution < -0.4 is 0 Å². The Kier molecular flexibility index (Phi) is 6.75. The highest BCUT2D eigenvalue weighted by Gasteiger charge is 2.33. The van der Waals surface area contributed by atoms with Crippen LogP contribution in [0.1, 0.15) is 40.5 Å². The van der Waals surface area contributed by atoms with Crippen molar-refractivity contribution in [3.05, 3.63) is 0 Å². The molecule has 1 atom stereocenters. The topological polar surface area (TPSA) is 46.6 Å². The van der Waals surface area contributed by atoms with Crippen molar-refractivity contribution in [3.8, 4) is 0 Å². The van der Waals surface area contributed by atoms with Crippen molar-refractivity contribution < 1.29 is 14.3 Å². The Bertz CT molecular complexity index is 216. The largest absolute Gasteiger partial charge is 0.464 e. The summed E-state index contributed by atoms with van der Waals surface area (Å²) in [4.78, 5) is 24.0. The average molecular weight is 215 g/mol. The van der Waals surface area contributed by atoms with Crippen LogP contribution in [0.4, 0.5) is 0 Å². The molecular weight excluding hydrogens is 194 g/mol. The number of likely N-dealkylation sites (tertiary alicyclic amines) is 1. The number of esters is 1. The molecule has 0 aliphatic carbocycles. The maximum absolute atomic E-state index is 11.3. The first-order valence-corrected chi connectivity index (χ1v) is 5.60. The maximum Gasteiger partial charge on any atom is 0.328 e. The molecule has 1 saturated heterocycles. The van der Waals surface area contributed by atoms with Crippen molar-refractivity contribution in [1.82, 2.24) is 4.90 Å². The lowest BCUT2D eigenvalue weighted by Crippen LogP contribution is -2.40. The molecule has 0 saturated carbocycles. The highest BCUT2D eigenvalue weighted by molar-refractivity contribution is 5.83. The molecule has 1 unspecified atom stereocenters. The van der Waals surface area contributed by atoms with E-state index in [1.54, 1.807) is 11.8 Å². The molecule has 0 bridgehead atoms. The van der Waals surface area contributed by atoms with Crippen molar-refractivity contribution in [1.29, 1.82) is 0 Å². The van der Waals surface area contributed by atoms with E-state index in [-0.39, 0.29) is 17.9 Å². The van der Waals surface area contributed by atoms with Gasteiger partial charge in [-0.2, -0.15) is 0 Å². The summed E-state index contributed by atoms with van der Waals surface area (Å²) in [5, 5.41) is 0. The Morgan fingerprint density at radius 3 is 2.47 bits per heavy atom. The lowest BCUT2D eigenvalue weighted by molar-refractivity contribution is -0.152. The predicted molar refractivity (Wildman–Crippen MR) is 58.4 cm³/mol. The zero-order valence-electron chi connectivity index (χ0n) is 10.1. The van der Waals surface area contributed by atoms with E-state index in [2.05, 4.69) is 0 Å². The van der Waals surface area contributed by atoms with Gasteiger partial charge in [0, 0.05) is 13.5 Å². The lowest BCUT2D eigenvalue weighted by Gasteiger charge is -2.21. The Morgan fingerprint density at radius 2 is 2.00 bits per heavy atom. The second-order valence-corrected chi connectivity index (χ2v) is 3.12. The molecule has 0 aromatic rings. The lowest BCUT2D eigenvalue weighted by atomic mass is 10.2. The van der Waals surface area contributed by atoms with Crippen molar-refractivity contribution in [2.45, 2.75) is 46.6 Å². The van der Waals surface area contributed by atoms with Gasteiger partial charge in [0.25, 0.3) is 0 Å². The van der Waals surface area contributed by atoms with Crippen LogP contribution in [0.25, 0.3) is 0 Å². The minimum atomic E-state index is -0.336. The van der Waals surface area contributed by atoms with Crippen LogP contribution >= 0.6 is 0 Å². The summed E-state index contributed by atoms with van der Waals surface area (Å²) in [6.45, 7) is 8.31. The van der Waals surface area contributed by atoms with E-state index in [9.17, 15) is 9.59 Å². The average Bonchev–Trinajstić information content (AvgIpc) is 2.69. The number of hydrogen-bond donors (Lipinski definition) is 0. The molecule has 0 N–H and O–H groups in total. The third kappa shape index (κ3) is 3.90. The quantitative estimate of drug-likeness (QED) is 0.657. The Hall–Kier alpha value is -1.06. The fourth-order valence-corrected chi connectivity index (χ4v) is 1.63. The summed E-state index contributed by atoms with van der Waals surface area (Å²) >= 11 is 0. The van der Waals surface area contributed by atoms with Crippen LogP contribution in [0.3, 0.4) is 0 Å². The molecule has 4 nitrogen and oxygen atoms in total. The summed E-state index contributed by atoms with van der Waals surface area (Å²) in [5.41, 5.74) is 0. The normalized spacial score (nSPS) is 19.2. The second-order valence-electron chi connectivity index (χ2n) is 3.12. The molecule has 1 heterocycles. The van der Waals surface area contributed by atoms with Gasteiger partial charge in [0.2, 0.25) is 5.91 Å². The van der Waals surface area contributed by atoms with Gasteiger partial charge in [0.05, 0.1) is 6.61 Å². The monoisotopic (exact) mass is 215 g/mol. The molecule has 0 spiro atoms. The van der Waals surface area contributed by atoms with E-state index in [1.165, 1.54) is 6.92 Å². The van der Waals surface area contributed by atoms with Crippen molar-refractivity contribution in [2.75, 3.05) is 13.2 Å². The van der Waals surface area contributed by atoms with Crippen LogP contribution in [0, 0.1) is 0 Å². The fourth-order valence-electron chi connectivity index (χ4n) is 1.63. The molecule has 1 rings (SSSR count).